The molecular formula is C15H16FNOS. The second-order valence-electron chi connectivity index (χ2n) is 4.04. The predicted octanol–water partition coefficient (Wildman–Crippen LogP) is 3.84. The van der Waals surface area contributed by atoms with Crippen LogP contribution in [0.5, 0.6) is 11.5 Å². The molecule has 0 aliphatic heterocycles. The average Bonchev–Trinajstić information content (AvgIpc) is 2.44. The highest BCUT2D eigenvalue weighted by atomic mass is 32.2. The Morgan fingerprint density at radius 2 is 1.89 bits per heavy atom. The van der Waals surface area contributed by atoms with Crippen molar-refractivity contribution in [2.45, 2.75) is 11.3 Å². The normalized spacial score (nSPS) is 10.5. The van der Waals surface area contributed by atoms with Crippen LogP contribution in [-0.4, -0.2) is 12.8 Å². The number of hydrogen-bond acceptors (Lipinski definition) is 3. The van der Waals surface area contributed by atoms with Gasteiger partial charge in [-0.3, -0.25) is 0 Å². The number of hydrogen-bond donors (Lipinski definition) is 1. The van der Waals surface area contributed by atoms with Gasteiger partial charge in [0.15, 0.2) is 11.6 Å². The molecular weight excluding hydrogens is 261 g/mol. The van der Waals surface area contributed by atoms with Gasteiger partial charge in [-0.15, -0.1) is 11.8 Å². The van der Waals surface area contributed by atoms with Gasteiger partial charge in [0, 0.05) is 4.90 Å². The van der Waals surface area contributed by atoms with E-state index >= 15 is 0 Å². The van der Waals surface area contributed by atoms with Crippen molar-refractivity contribution < 1.29 is 9.13 Å². The number of benzene rings is 2. The fourth-order valence-electron chi connectivity index (χ4n) is 1.78. The second kappa shape index (κ2) is 6.59. The third kappa shape index (κ3) is 3.49. The van der Waals surface area contributed by atoms with E-state index in [0.29, 0.717) is 18.7 Å². The molecule has 19 heavy (non-hydrogen) atoms. The SMILES string of the molecule is CSc1ccc(Oc2c(F)cccc2CCN)cc1. The van der Waals surface area contributed by atoms with Gasteiger partial charge in [0.2, 0.25) is 0 Å². The number of halogens is 1. The van der Waals surface area contributed by atoms with Crippen LogP contribution in [0.1, 0.15) is 5.56 Å². The average molecular weight is 277 g/mol. The fourth-order valence-corrected chi connectivity index (χ4v) is 2.19. The van der Waals surface area contributed by atoms with E-state index in [9.17, 15) is 4.39 Å². The maximum atomic E-state index is 13.8. The lowest BCUT2D eigenvalue weighted by molar-refractivity contribution is 0.436. The molecule has 100 valence electrons. The largest absolute Gasteiger partial charge is 0.454 e. The highest BCUT2D eigenvalue weighted by Crippen LogP contribution is 2.29. The molecule has 2 aromatic rings. The van der Waals surface area contributed by atoms with Gasteiger partial charge >= 0.3 is 0 Å². The maximum Gasteiger partial charge on any atom is 0.166 e. The Morgan fingerprint density at radius 1 is 1.16 bits per heavy atom. The lowest BCUT2D eigenvalue weighted by atomic mass is 10.1. The van der Waals surface area contributed by atoms with Crippen molar-refractivity contribution in [3.05, 3.63) is 53.8 Å². The summed E-state index contributed by atoms with van der Waals surface area (Å²) in [5, 5.41) is 0. The molecule has 0 saturated heterocycles. The summed E-state index contributed by atoms with van der Waals surface area (Å²) in [7, 11) is 0. The van der Waals surface area contributed by atoms with E-state index in [1.165, 1.54) is 6.07 Å². The molecule has 2 aromatic carbocycles. The molecule has 0 radical (unpaired) electrons. The molecule has 0 bridgehead atoms. The lowest BCUT2D eigenvalue weighted by Crippen LogP contribution is -2.05. The van der Waals surface area contributed by atoms with Crippen LogP contribution >= 0.6 is 11.8 Å². The molecule has 0 amide bonds. The fraction of sp³-hybridized carbons (Fsp3) is 0.200. The highest BCUT2D eigenvalue weighted by molar-refractivity contribution is 7.98. The van der Waals surface area contributed by atoms with E-state index in [0.717, 1.165) is 10.5 Å². The van der Waals surface area contributed by atoms with Gasteiger partial charge in [-0.25, -0.2) is 4.39 Å². The Labute approximate surface area is 116 Å². The van der Waals surface area contributed by atoms with Crippen molar-refractivity contribution >= 4 is 11.8 Å². The van der Waals surface area contributed by atoms with Crippen molar-refractivity contribution in [1.82, 2.24) is 0 Å². The van der Waals surface area contributed by atoms with Crippen LogP contribution in [0.15, 0.2) is 47.4 Å². The van der Waals surface area contributed by atoms with Crippen molar-refractivity contribution in [3.8, 4) is 11.5 Å². The first-order valence-corrected chi connectivity index (χ1v) is 7.26. The third-order valence-corrected chi connectivity index (χ3v) is 3.49. The molecule has 0 fully saturated rings. The quantitative estimate of drug-likeness (QED) is 0.843. The predicted molar refractivity (Wildman–Crippen MR) is 77.5 cm³/mol. The zero-order chi connectivity index (χ0) is 13.7. The number of rotatable bonds is 5. The van der Waals surface area contributed by atoms with Crippen LogP contribution in [0, 0.1) is 5.82 Å². The van der Waals surface area contributed by atoms with Crippen LogP contribution in [-0.2, 0) is 6.42 Å². The molecule has 2 rings (SSSR count). The van der Waals surface area contributed by atoms with Crippen LogP contribution in [0.4, 0.5) is 4.39 Å². The third-order valence-electron chi connectivity index (χ3n) is 2.74. The van der Waals surface area contributed by atoms with E-state index in [1.54, 1.807) is 17.8 Å². The molecule has 0 aliphatic rings. The number of nitrogens with two attached hydrogens (primary N) is 1. The van der Waals surface area contributed by atoms with E-state index < -0.39 is 0 Å². The number of thioether (sulfide) groups is 1. The number of ether oxygens (including phenoxy) is 1. The molecule has 2 nitrogen and oxygen atoms in total. The van der Waals surface area contributed by atoms with Gasteiger partial charge in [-0.2, -0.15) is 0 Å². The summed E-state index contributed by atoms with van der Waals surface area (Å²) in [4.78, 5) is 1.14. The first-order chi connectivity index (χ1) is 9.24. The molecule has 0 atom stereocenters. The molecule has 0 saturated carbocycles. The van der Waals surface area contributed by atoms with Gasteiger partial charge in [-0.05, 0) is 55.1 Å². The van der Waals surface area contributed by atoms with Crippen molar-refractivity contribution in [2.24, 2.45) is 5.73 Å². The number of para-hydroxylation sites is 1. The Bertz CT molecular complexity index is 542. The summed E-state index contributed by atoms with van der Waals surface area (Å²) in [6, 6.07) is 12.5. The smallest absolute Gasteiger partial charge is 0.166 e. The van der Waals surface area contributed by atoms with Crippen molar-refractivity contribution in [1.29, 1.82) is 0 Å². The zero-order valence-electron chi connectivity index (χ0n) is 10.7. The topological polar surface area (TPSA) is 35.2 Å². The lowest BCUT2D eigenvalue weighted by Gasteiger charge is -2.11. The van der Waals surface area contributed by atoms with E-state index in [2.05, 4.69) is 0 Å². The second-order valence-corrected chi connectivity index (χ2v) is 4.92. The standard InChI is InChI=1S/C15H16FNOS/c1-19-13-7-5-12(6-8-13)18-15-11(9-10-17)3-2-4-14(15)16/h2-8H,9-10,17H2,1H3. The monoisotopic (exact) mass is 277 g/mol. The summed E-state index contributed by atoms with van der Waals surface area (Å²) < 4.78 is 19.5. The van der Waals surface area contributed by atoms with Gasteiger partial charge in [0.25, 0.3) is 0 Å². The van der Waals surface area contributed by atoms with Crippen LogP contribution in [0.25, 0.3) is 0 Å². The molecule has 0 aromatic heterocycles. The Morgan fingerprint density at radius 3 is 2.53 bits per heavy atom. The van der Waals surface area contributed by atoms with Crippen LogP contribution < -0.4 is 10.5 Å². The summed E-state index contributed by atoms with van der Waals surface area (Å²) in [5.41, 5.74) is 6.32. The zero-order valence-corrected chi connectivity index (χ0v) is 11.5. The van der Waals surface area contributed by atoms with E-state index in [1.807, 2.05) is 36.6 Å². The van der Waals surface area contributed by atoms with Gasteiger partial charge in [0.05, 0.1) is 0 Å². The maximum absolute atomic E-state index is 13.8. The first kappa shape index (κ1) is 13.9. The summed E-state index contributed by atoms with van der Waals surface area (Å²) in [6.07, 6.45) is 2.60. The van der Waals surface area contributed by atoms with Crippen LogP contribution in [0.3, 0.4) is 0 Å². The Hall–Kier alpha value is -1.52. The molecule has 4 heteroatoms. The Kier molecular flexibility index (Phi) is 4.82. The minimum atomic E-state index is -0.361. The summed E-state index contributed by atoms with van der Waals surface area (Å²) >= 11 is 1.65. The first-order valence-electron chi connectivity index (χ1n) is 6.04. The van der Waals surface area contributed by atoms with E-state index in [-0.39, 0.29) is 11.6 Å². The molecule has 2 N–H and O–H groups in total. The van der Waals surface area contributed by atoms with Gasteiger partial charge in [0.1, 0.15) is 5.75 Å². The minimum absolute atomic E-state index is 0.268. The minimum Gasteiger partial charge on any atom is -0.454 e. The molecule has 0 aliphatic carbocycles. The summed E-state index contributed by atoms with van der Waals surface area (Å²) in [5.74, 6) is 0.533. The molecule has 0 heterocycles. The highest BCUT2D eigenvalue weighted by Gasteiger charge is 2.10. The van der Waals surface area contributed by atoms with Crippen molar-refractivity contribution in [3.63, 3.8) is 0 Å². The van der Waals surface area contributed by atoms with Gasteiger partial charge in [-0.1, -0.05) is 12.1 Å². The van der Waals surface area contributed by atoms with Gasteiger partial charge < -0.3 is 10.5 Å². The summed E-state index contributed by atoms with van der Waals surface area (Å²) in [6.45, 7) is 0.464. The molecule has 0 spiro atoms. The van der Waals surface area contributed by atoms with E-state index in [4.69, 9.17) is 10.5 Å². The molecule has 0 unspecified atom stereocenters. The van der Waals surface area contributed by atoms with Crippen molar-refractivity contribution in [2.75, 3.05) is 12.8 Å². The van der Waals surface area contributed by atoms with Crippen LogP contribution in [0.2, 0.25) is 0 Å². The Balaban J connectivity index is 2.26.